The average molecular weight is 412 g/mol. The van der Waals surface area contributed by atoms with E-state index in [9.17, 15) is 14.4 Å². The molecule has 3 rings (SSSR count). The highest BCUT2D eigenvalue weighted by molar-refractivity contribution is 5.98. The summed E-state index contributed by atoms with van der Waals surface area (Å²) in [5, 5.41) is 5.73. The minimum absolute atomic E-state index is 0.0917. The largest absolute Gasteiger partial charge is 0.368 e. The second kappa shape index (κ2) is 9.07. The van der Waals surface area contributed by atoms with Crippen LogP contribution >= 0.6 is 0 Å². The van der Waals surface area contributed by atoms with Gasteiger partial charge in [-0.1, -0.05) is 0 Å². The Balaban J connectivity index is 1.71. The van der Waals surface area contributed by atoms with Crippen LogP contribution in [-0.2, 0) is 9.59 Å². The predicted octanol–water partition coefficient (Wildman–Crippen LogP) is -0.115. The second-order valence-electron chi connectivity index (χ2n) is 6.80. The molecule has 11 nitrogen and oxygen atoms in total. The monoisotopic (exact) mass is 412 g/mol. The smallest absolute Gasteiger partial charge is 0.254 e. The molecule has 0 unspecified atom stereocenters. The molecule has 1 aliphatic rings. The third-order valence-corrected chi connectivity index (χ3v) is 4.70. The van der Waals surface area contributed by atoms with E-state index >= 15 is 0 Å². The first kappa shape index (κ1) is 20.8. The van der Waals surface area contributed by atoms with E-state index in [0.29, 0.717) is 18.8 Å². The van der Waals surface area contributed by atoms with Crippen molar-refractivity contribution in [2.24, 2.45) is 11.5 Å². The number of benzene rings is 1. The van der Waals surface area contributed by atoms with Crippen LogP contribution in [0.4, 0.5) is 23.1 Å². The summed E-state index contributed by atoms with van der Waals surface area (Å²) in [5.74, 6) is -0.798. The van der Waals surface area contributed by atoms with E-state index in [1.807, 2.05) is 29.2 Å². The number of carbonyl (C=O) groups excluding carboxylic acids is 3. The lowest BCUT2D eigenvalue weighted by molar-refractivity contribution is -0.129. The molecule has 1 saturated heterocycles. The first-order chi connectivity index (χ1) is 14.3. The number of hydrogen-bond acceptors (Lipinski definition) is 8. The molecule has 1 fully saturated rings. The number of hydrogen-bond donors (Lipinski definition) is 4. The van der Waals surface area contributed by atoms with Crippen molar-refractivity contribution in [3.05, 3.63) is 36.0 Å². The van der Waals surface area contributed by atoms with Gasteiger partial charge in [-0.3, -0.25) is 14.4 Å². The number of nitrogens with one attached hydrogen (secondary N) is 2. The number of amides is 3. The molecule has 0 atom stereocenters. The number of primary amides is 2. The fraction of sp³-hybridized carbons (Fsp3) is 0.316. The molecular formula is C19H24N8O3. The van der Waals surface area contributed by atoms with E-state index in [4.69, 9.17) is 11.5 Å². The highest BCUT2D eigenvalue weighted by atomic mass is 16.2. The van der Waals surface area contributed by atoms with Crippen molar-refractivity contribution < 1.29 is 14.4 Å². The van der Waals surface area contributed by atoms with Crippen LogP contribution < -0.4 is 27.0 Å². The normalized spacial score (nSPS) is 13.6. The summed E-state index contributed by atoms with van der Waals surface area (Å²) in [6.45, 7) is 4.36. The van der Waals surface area contributed by atoms with Crippen molar-refractivity contribution in [2.75, 3.05) is 48.3 Å². The Labute approximate surface area is 173 Å². The summed E-state index contributed by atoms with van der Waals surface area (Å²) in [5.41, 5.74) is 12.4. The summed E-state index contributed by atoms with van der Waals surface area (Å²) >= 11 is 0. The standard InChI is InChI=1S/C19H24N8O3/c1-12(28)26-6-8-27(9-7-26)14-4-2-13(3-5-14)24-18-15(17(21)30)10-22-19(25-18)23-11-16(20)29/h2-5,10H,6-9,11H2,1H3,(H2,20,29)(H2,21,30)(H2,22,23,24,25). The van der Waals surface area contributed by atoms with Crippen LogP contribution in [0.3, 0.4) is 0 Å². The third-order valence-electron chi connectivity index (χ3n) is 4.70. The molecular weight excluding hydrogens is 388 g/mol. The lowest BCUT2D eigenvalue weighted by atomic mass is 10.2. The maximum Gasteiger partial charge on any atom is 0.254 e. The summed E-state index contributed by atoms with van der Waals surface area (Å²) < 4.78 is 0. The Morgan fingerprint density at radius 1 is 1.07 bits per heavy atom. The van der Waals surface area contributed by atoms with Gasteiger partial charge < -0.3 is 31.9 Å². The molecule has 0 radical (unpaired) electrons. The topological polar surface area (TPSA) is 160 Å². The van der Waals surface area contributed by atoms with Gasteiger partial charge in [0.25, 0.3) is 5.91 Å². The van der Waals surface area contributed by atoms with Crippen LogP contribution in [0.25, 0.3) is 0 Å². The minimum atomic E-state index is -0.682. The number of nitrogens with two attached hydrogens (primary N) is 2. The van der Waals surface area contributed by atoms with Gasteiger partial charge in [-0.05, 0) is 24.3 Å². The molecule has 30 heavy (non-hydrogen) atoms. The van der Waals surface area contributed by atoms with E-state index in [0.717, 1.165) is 18.8 Å². The molecule has 11 heteroatoms. The molecule has 0 saturated carbocycles. The van der Waals surface area contributed by atoms with E-state index in [2.05, 4.69) is 25.5 Å². The molecule has 3 amide bonds. The van der Waals surface area contributed by atoms with Gasteiger partial charge in [-0.25, -0.2) is 4.98 Å². The van der Waals surface area contributed by atoms with Crippen molar-refractivity contribution in [3.8, 4) is 0 Å². The van der Waals surface area contributed by atoms with Crippen molar-refractivity contribution in [2.45, 2.75) is 6.92 Å². The fourth-order valence-corrected chi connectivity index (χ4v) is 3.08. The highest BCUT2D eigenvalue weighted by Gasteiger charge is 2.19. The number of rotatable bonds is 7. The highest BCUT2D eigenvalue weighted by Crippen LogP contribution is 2.23. The number of aromatic nitrogens is 2. The van der Waals surface area contributed by atoms with Gasteiger partial charge in [0.05, 0.1) is 6.54 Å². The van der Waals surface area contributed by atoms with Crippen LogP contribution in [-0.4, -0.2) is 65.3 Å². The molecule has 2 heterocycles. The zero-order chi connectivity index (χ0) is 21.7. The van der Waals surface area contributed by atoms with Gasteiger partial charge in [0.1, 0.15) is 11.4 Å². The maximum absolute atomic E-state index is 11.7. The van der Waals surface area contributed by atoms with Gasteiger partial charge in [-0.15, -0.1) is 0 Å². The average Bonchev–Trinajstić information content (AvgIpc) is 2.73. The van der Waals surface area contributed by atoms with Crippen LogP contribution in [0.1, 0.15) is 17.3 Å². The Morgan fingerprint density at radius 2 is 1.73 bits per heavy atom. The summed E-state index contributed by atoms with van der Waals surface area (Å²) in [4.78, 5) is 46.3. The number of anilines is 4. The zero-order valence-corrected chi connectivity index (χ0v) is 16.6. The van der Waals surface area contributed by atoms with Crippen molar-refractivity contribution >= 4 is 40.9 Å². The lowest BCUT2D eigenvalue weighted by Crippen LogP contribution is -2.48. The van der Waals surface area contributed by atoms with Gasteiger partial charge >= 0.3 is 0 Å². The van der Waals surface area contributed by atoms with Crippen molar-refractivity contribution in [1.82, 2.24) is 14.9 Å². The van der Waals surface area contributed by atoms with Crippen LogP contribution in [0.5, 0.6) is 0 Å². The van der Waals surface area contributed by atoms with E-state index in [-0.39, 0.29) is 29.8 Å². The Kier molecular flexibility index (Phi) is 6.30. The van der Waals surface area contributed by atoms with E-state index < -0.39 is 11.8 Å². The molecule has 1 aromatic heterocycles. The summed E-state index contributed by atoms with van der Waals surface area (Å²) in [7, 11) is 0. The molecule has 0 spiro atoms. The Bertz CT molecular complexity index is 939. The molecule has 0 aliphatic carbocycles. The Morgan fingerprint density at radius 3 is 2.30 bits per heavy atom. The third kappa shape index (κ3) is 5.13. The van der Waals surface area contributed by atoms with Crippen molar-refractivity contribution in [3.63, 3.8) is 0 Å². The van der Waals surface area contributed by atoms with Crippen LogP contribution in [0.15, 0.2) is 30.5 Å². The number of carbonyl (C=O) groups is 3. The van der Waals surface area contributed by atoms with Gasteiger partial charge in [0, 0.05) is 50.7 Å². The van der Waals surface area contributed by atoms with Crippen LogP contribution in [0.2, 0.25) is 0 Å². The van der Waals surface area contributed by atoms with Crippen molar-refractivity contribution in [1.29, 1.82) is 0 Å². The molecule has 1 aliphatic heterocycles. The SMILES string of the molecule is CC(=O)N1CCN(c2ccc(Nc3nc(NCC(N)=O)ncc3C(N)=O)cc2)CC1. The molecule has 158 valence electrons. The molecule has 6 N–H and O–H groups in total. The van der Waals surface area contributed by atoms with Gasteiger partial charge in [-0.2, -0.15) is 4.98 Å². The minimum Gasteiger partial charge on any atom is -0.368 e. The predicted molar refractivity (Wildman–Crippen MR) is 112 cm³/mol. The number of piperazine rings is 1. The molecule has 1 aromatic carbocycles. The van der Waals surface area contributed by atoms with Gasteiger partial charge in [0.2, 0.25) is 17.8 Å². The van der Waals surface area contributed by atoms with Gasteiger partial charge in [0.15, 0.2) is 0 Å². The zero-order valence-electron chi connectivity index (χ0n) is 16.6. The van der Waals surface area contributed by atoms with Crippen LogP contribution in [0, 0.1) is 0 Å². The molecule has 0 bridgehead atoms. The fourth-order valence-electron chi connectivity index (χ4n) is 3.08. The van der Waals surface area contributed by atoms with E-state index in [1.165, 1.54) is 6.20 Å². The molecule has 2 aromatic rings. The summed E-state index contributed by atoms with van der Waals surface area (Å²) in [6.07, 6.45) is 1.28. The first-order valence-corrected chi connectivity index (χ1v) is 9.40. The Hall–Kier alpha value is -3.89. The first-order valence-electron chi connectivity index (χ1n) is 9.40. The second-order valence-corrected chi connectivity index (χ2v) is 6.80. The van der Waals surface area contributed by atoms with E-state index in [1.54, 1.807) is 6.92 Å². The lowest BCUT2D eigenvalue weighted by Gasteiger charge is -2.35. The summed E-state index contributed by atoms with van der Waals surface area (Å²) in [6, 6.07) is 7.61. The maximum atomic E-state index is 11.7. The number of nitrogens with zero attached hydrogens (tertiary/aromatic N) is 4. The quantitative estimate of drug-likeness (QED) is 0.490.